The smallest absolute Gasteiger partial charge is 0.304 e. The van der Waals surface area contributed by atoms with E-state index in [4.69, 9.17) is 9.84 Å². The van der Waals surface area contributed by atoms with Crippen LogP contribution >= 0.6 is 0 Å². The Balaban J connectivity index is 2.11. The molecule has 0 aliphatic carbocycles. The lowest BCUT2D eigenvalue weighted by atomic mass is 9.95. The fourth-order valence-corrected chi connectivity index (χ4v) is 2.40. The molecule has 0 spiro atoms. The molecular formula is C14H12O3. The second-order valence-corrected chi connectivity index (χ2v) is 4.31. The minimum Gasteiger partial charge on any atom is -0.492 e. The van der Waals surface area contributed by atoms with E-state index in [0.29, 0.717) is 6.61 Å². The molecule has 0 radical (unpaired) electrons. The van der Waals surface area contributed by atoms with Crippen LogP contribution < -0.4 is 4.74 Å². The molecule has 1 N–H and O–H groups in total. The maximum Gasteiger partial charge on any atom is 0.304 e. The van der Waals surface area contributed by atoms with E-state index in [-0.39, 0.29) is 12.3 Å². The van der Waals surface area contributed by atoms with Crippen molar-refractivity contribution in [3.63, 3.8) is 0 Å². The van der Waals surface area contributed by atoms with Crippen LogP contribution in [0.25, 0.3) is 10.8 Å². The average Bonchev–Trinajstić information content (AvgIpc) is 2.72. The fourth-order valence-electron chi connectivity index (χ4n) is 2.40. The first-order valence-electron chi connectivity index (χ1n) is 5.62. The van der Waals surface area contributed by atoms with Gasteiger partial charge < -0.3 is 9.84 Å². The van der Waals surface area contributed by atoms with Gasteiger partial charge in [0.25, 0.3) is 0 Å². The maximum atomic E-state index is 10.8. The normalized spacial score (nSPS) is 17.8. The molecule has 0 saturated carbocycles. The Morgan fingerprint density at radius 1 is 1.29 bits per heavy atom. The highest BCUT2D eigenvalue weighted by molar-refractivity contribution is 5.90. The van der Waals surface area contributed by atoms with Crippen molar-refractivity contribution in [2.75, 3.05) is 6.61 Å². The quantitative estimate of drug-likeness (QED) is 0.859. The van der Waals surface area contributed by atoms with E-state index in [1.54, 1.807) is 0 Å². The summed E-state index contributed by atoms with van der Waals surface area (Å²) in [5, 5.41) is 11.1. The summed E-state index contributed by atoms with van der Waals surface area (Å²) < 4.78 is 5.66. The van der Waals surface area contributed by atoms with Crippen LogP contribution in [0.1, 0.15) is 17.9 Å². The Hall–Kier alpha value is -2.03. The van der Waals surface area contributed by atoms with E-state index >= 15 is 0 Å². The number of ether oxygens (including phenoxy) is 1. The molecular weight excluding hydrogens is 216 g/mol. The van der Waals surface area contributed by atoms with Gasteiger partial charge in [0.1, 0.15) is 5.75 Å². The standard InChI is InChI=1S/C14H12O3/c15-13(16)7-10-8-17-14-11-4-2-1-3-9(11)5-6-12(10)14/h1-6,10H,7-8H2,(H,15,16). The van der Waals surface area contributed by atoms with Crippen molar-refractivity contribution >= 4 is 16.7 Å². The van der Waals surface area contributed by atoms with Gasteiger partial charge in [-0.1, -0.05) is 36.4 Å². The Labute approximate surface area is 98.6 Å². The van der Waals surface area contributed by atoms with E-state index in [1.165, 1.54) is 0 Å². The molecule has 0 fully saturated rings. The van der Waals surface area contributed by atoms with Gasteiger partial charge in [-0.05, 0) is 5.39 Å². The van der Waals surface area contributed by atoms with Crippen molar-refractivity contribution in [3.05, 3.63) is 42.0 Å². The maximum absolute atomic E-state index is 10.8. The lowest BCUT2D eigenvalue weighted by Gasteiger charge is -2.06. The molecule has 1 atom stereocenters. The van der Waals surface area contributed by atoms with Gasteiger partial charge in [0, 0.05) is 16.9 Å². The second-order valence-electron chi connectivity index (χ2n) is 4.31. The van der Waals surface area contributed by atoms with Crippen molar-refractivity contribution in [3.8, 4) is 5.75 Å². The van der Waals surface area contributed by atoms with Gasteiger partial charge in [-0.3, -0.25) is 4.79 Å². The lowest BCUT2D eigenvalue weighted by molar-refractivity contribution is -0.137. The number of benzene rings is 2. The number of carboxylic acid groups (broad SMARTS) is 1. The molecule has 1 aliphatic heterocycles. The first-order chi connectivity index (χ1) is 8.25. The number of hydrogen-bond acceptors (Lipinski definition) is 2. The van der Waals surface area contributed by atoms with Gasteiger partial charge in [-0.25, -0.2) is 0 Å². The molecule has 0 amide bonds. The van der Waals surface area contributed by atoms with Crippen LogP contribution in [-0.2, 0) is 4.79 Å². The van der Waals surface area contributed by atoms with Crippen molar-refractivity contribution in [2.24, 2.45) is 0 Å². The number of aliphatic carboxylic acids is 1. The third-order valence-electron chi connectivity index (χ3n) is 3.20. The molecule has 17 heavy (non-hydrogen) atoms. The minimum atomic E-state index is -0.778. The van der Waals surface area contributed by atoms with Gasteiger partial charge in [-0.2, -0.15) is 0 Å². The van der Waals surface area contributed by atoms with E-state index < -0.39 is 5.97 Å². The third-order valence-corrected chi connectivity index (χ3v) is 3.20. The van der Waals surface area contributed by atoms with Crippen LogP contribution in [0.5, 0.6) is 5.75 Å². The zero-order valence-electron chi connectivity index (χ0n) is 9.22. The summed E-state index contributed by atoms with van der Waals surface area (Å²) in [6.07, 6.45) is 0.130. The monoisotopic (exact) mass is 228 g/mol. The molecule has 2 aromatic rings. The third kappa shape index (κ3) is 1.64. The molecule has 1 aliphatic rings. The Morgan fingerprint density at radius 3 is 2.94 bits per heavy atom. The fraction of sp³-hybridized carbons (Fsp3) is 0.214. The highest BCUT2D eigenvalue weighted by atomic mass is 16.5. The van der Waals surface area contributed by atoms with Crippen molar-refractivity contribution in [1.82, 2.24) is 0 Å². The Kier molecular flexibility index (Phi) is 2.25. The molecule has 0 saturated heterocycles. The first-order valence-corrected chi connectivity index (χ1v) is 5.62. The zero-order valence-corrected chi connectivity index (χ0v) is 9.22. The molecule has 2 aromatic carbocycles. The minimum absolute atomic E-state index is 0.0212. The SMILES string of the molecule is O=C(O)CC1COc2c1ccc1ccccc21. The van der Waals surface area contributed by atoms with E-state index in [9.17, 15) is 4.79 Å². The summed E-state index contributed by atoms with van der Waals surface area (Å²) in [6, 6.07) is 12.0. The van der Waals surface area contributed by atoms with Gasteiger partial charge >= 0.3 is 5.97 Å². The highest BCUT2D eigenvalue weighted by Crippen LogP contribution is 2.40. The molecule has 3 rings (SSSR count). The summed E-state index contributed by atoms with van der Waals surface area (Å²) in [7, 11) is 0. The van der Waals surface area contributed by atoms with Crippen LogP contribution in [0.2, 0.25) is 0 Å². The van der Waals surface area contributed by atoms with Crippen molar-refractivity contribution < 1.29 is 14.6 Å². The van der Waals surface area contributed by atoms with Crippen LogP contribution in [0.15, 0.2) is 36.4 Å². The number of carbonyl (C=O) groups is 1. The van der Waals surface area contributed by atoms with E-state index in [2.05, 4.69) is 0 Å². The van der Waals surface area contributed by atoms with Crippen molar-refractivity contribution in [1.29, 1.82) is 0 Å². The van der Waals surface area contributed by atoms with Gasteiger partial charge in [0.2, 0.25) is 0 Å². The molecule has 0 bridgehead atoms. The number of hydrogen-bond donors (Lipinski definition) is 1. The topological polar surface area (TPSA) is 46.5 Å². The van der Waals surface area contributed by atoms with Crippen LogP contribution in [0.3, 0.4) is 0 Å². The summed E-state index contributed by atoms with van der Waals surface area (Å²) in [5.41, 5.74) is 1.02. The average molecular weight is 228 g/mol. The largest absolute Gasteiger partial charge is 0.492 e. The first kappa shape index (κ1) is 10.1. The predicted molar refractivity (Wildman–Crippen MR) is 64.4 cm³/mol. The van der Waals surface area contributed by atoms with Crippen molar-refractivity contribution in [2.45, 2.75) is 12.3 Å². The van der Waals surface area contributed by atoms with Gasteiger partial charge in [0.15, 0.2) is 0 Å². The number of rotatable bonds is 2. The van der Waals surface area contributed by atoms with Gasteiger partial charge in [-0.15, -0.1) is 0 Å². The molecule has 86 valence electrons. The summed E-state index contributed by atoms with van der Waals surface area (Å²) >= 11 is 0. The molecule has 0 aromatic heterocycles. The second kappa shape index (κ2) is 3.77. The molecule has 1 heterocycles. The van der Waals surface area contributed by atoms with Gasteiger partial charge in [0.05, 0.1) is 13.0 Å². The van der Waals surface area contributed by atoms with E-state index in [1.807, 2.05) is 36.4 Å². The Morgan fingerprint density at radius 2 is 2.12 bits per heavy atom. The zero-order chi connectivity index (χ0) is 11.8. The molecule has 3 nitrogen and oxygen atoms in total. The summed E-state index contributed by atoms with van der Waals surface area (Å²) in [5.74, 6) is 0.0565. The lowest BCUT2D eigenvalue weighted by Crippen LogP contribution is -2.07. The molecule has 1 unspecified atom stereocenters. The predicted octanol–water partition coefficient (Wildman–Crippen LogP) is 2.79. The highest BCUT2D eigenvalue weighted by Gasteiger charge is 2.27. The summed E-state index contributed by atoms with van der Waals surface area (Å²) in [4.78, 5) is 10.8. The summed E-state index contributed by atoms with van der Waals surface area (Å²) in [6.45, 7) is 0.468. The van der Waals surface area contributed by atoms with Crippen LogP contribution in [0, 0.1) is 0 Å². The van der Waals surface area contributed by atoms with E-state index in [0.717, 1.165) is 22.1 Å². The Bertz CT molecular complexity index is 589. The molecule has 3 heteroatoms. The number of fused-ring (bicyclic) bond motifs is 3. The van der Waals surface area contributed by atoms with Crippen LogP contribution in [0.4, 0.5) is 0 Å². The van der Waals surface area contributed by atoms with Crippen LogP contribution in [-0.4, -0.2) is 17.7 Å². The number of carboxylic acids is 1.